The molecule has 1 heterocycles. The largest absolute Gasteiger partial charge is 0.379 e. The molecular weight excluding hydrogens is 389 g/mol. The lowest BCUT2D eigenvalue weighted by Gasteiger charge is -2.27. The Hall–Kier alpha value is -1.06. The number of carbonyl (C=O) groups is 1. The molecule has 1 saturated heterocycles. The van der Waals surface area contributed by atoms with Crippen molar-refractivity contribution in [2.45, 2.75) is 0 Å². The zero-order chi connectivity index (χ0) is 18.4. The van der Waals surface area contributed by atoms with Crippen LogP contribution in [0.15, 0.2) is 18.2 Å². The van der Waals surface area contributed by atoms with Crippen molar-refractivity contribution in [1.29, 1.82) is 0 Å². The average molecular weight is 410 g/mol. The highest BCUT2D eigenvalue weighted by Gasteiger charge is 2.21. The third-order valence-electron chi connectivity index (χ3n) is 3.73. The quantitative estimate of drug-likeness (QED) is 0.731. The molecular formula is C15H21Cl2N3O4S. The molecule has 2 rings (SSSR count). The molecule has 0 radical (unpaired) electrons. The van der Waals surface area contributed by atoms with Crippen molar-refractivity contribution in [2.75, 3.05) is 56.5 Å². The number of hydrogen-bond donors (Lipinski definition) is 1. The Kier molecular flexibility index (Phi) is 7.33. The lowest BCUT2D eigenvalue weighted by Crippen LogP contribution is -2.44. The molecule has 1 aromatic carbocycles. The lowest BCUT2D eigenvalue weighted by molar-refractivity contribution is -0.119. The van der Waals surface area contributed by atoms with Crippen LogP contribution < -0.4 is 9.62 Å². The van der Waals surface area contributed by atoms with Gasteiger partial charge in [0, 0.05) is 26.2 Å². The molecule has 140 valence electrons. The molecule has 1 amide bonds. The van der Waals surface area contributed by atoms with Gasteiger partial charge in [0.25, 0.3) is 0 Å². The van der Waals surface area contributed by atoms with Crippen LogP contribution in [-0.2, 0) is 19.6 Å². The number of morpholine rings is 1. The molecule has 0 aliphatic carbocycles. The number of rotatable bonds is 7. The van der Waals surface area contributed by atoms with Gasteiger partial charge in [0.15, 0.2) is 0 Å². The van der Waals surface area contributed by atoms with Crippen LogP contribution in [0.3, 0.4) is 0 Å². The van der Waals surface area contributed by atoms with Crippen molar-refractivity contribution in [3.8, 4) is 0 Å². The minimum Gasteiger partial charge on any atom is -0.379 e. The number of hydrogen-bond acceptors (Lipinski definition) is 5. The normalized spacial score (nSPS) is 15.8. The van der Waals surface area contributed by atoms with E-state index in [9.17, 15) is 13.2 Å². The molecule has 0 aromatic heterocycles. The summed E-state index contributed by atoms with van der Waals surface area (Å²) in [5.74, 6) is -0.384. The van der Waals surface area contributed by atoms with Gasteiger partial charge in [-0.1, -0.05) is 23.2 Å². The fourth-order valence-corrected chi connectivity index (χ4v) is 3.55. The molecule has 0 atom stereocenters. The smallest absolute Gasteiger partial charge is 0.240 e. The number of anilines is 1. The number of nitrogens with zero attached hydrogens (tertiary/aromatic N) is 2. The molecule has 7 nitrogen and oxygen atoms in total. The summed E-state index contributed by atoms with van der Waals surface area (Å²) in [5, 5.41) is 3.28. The van der Waals surface area contributed by atoms with Gasteiger partial charge in [-0.15, -0.1) is 0 Å². The van der Waals surface area contributed by atoms with Crippen molar-refractivity contribution in [3.05, 3.63) is 28.2 Å². The topological polar surface area (TPSA) is 79.0 Å². The molecule has 10 heteroatoms. The molecule has 0 spiro atoms. The summed E-state index contributed by atoms with van der Waals surface area (Å²) in [4.78, 5) is 14.3. The molecule has 0 unspecified atom stereocenters. The van der Waals surface area contributed by atoms with Gasteiger partial charge >= 0.3 is 0 Å². The van der Waals surface area contributed by atoms with Gasteiger partial charge < -0.3 is 10.1 Å². The van der Waals surface area contributed by atoms with Crippen LogP contribution >= 0.6 is 23.2 Å². The van der Waals surface area contributed by atoms with Gasteiger partial charge in [-0.05, 0) is 18.2 Å². The van der Waals surface area contributed by atoms with E-state index in [1.54, 1.807) is 0 Å². The zero-order valence-corrected chi connectivity index (χ0v) is 16.2. The van der Waals surface area contributed by atoms with Crippen LogP contribution in [0, 0.1) is 0 Å². The summed E-state index contributed by atoms with van der Waals surface area (Å²) in [6.07, 6.45) is 1.04. The van der Waals surface area contributed by atoms with E-state index in [0.717, 1.165) is 23.7 Å². The Labute approximate surface area is 157 Å². The third kappa shape index (κ3) is 6.31. The first kappa shape index (κ1) is 20.3. The summed E-state index contributed by atoms with van der Waals surface area (Å²) in [5.41, 5.74) is 0.292. The maximum Gasteiger partial charge on any atom is 0.240 e. The van der Waals surface area contributed by atoms with E-state index >= 15 is 0 Å². The fraction of sp³-hybridized carbons (Fsp3) is 0.533. The summed E-state index contributed by atoms with van der Waals surface area (Å²) >= 11 is 11.8. The Bertz CT molecular complexity index is 709. The van der Waals surface area contributed by atoms with Crippen LogP contribution in [0.5, 0.6) is 0 Å². The molecule has 1 aliphatic rings. The van der Waals surface area contributed by atoms with Gasteiger partial charge in [0.05, 0.1) is 35.2 Å². The standard InChI is InChI=1S/C15H21Cl2N3O4S/c1-25(22,23)20(12-2-3-13(16)14(17)10-12)11-15(21)18-4-5-19-6-8-24-9-7-19/h2-3,10H,4-9,11H2,1H3,(H,18,21). The van der Waals surface area contributed by atoms with E-state index < -0.39 is 10.0 Å². The molecule has 1 aliphatic heterocycles. The number of ether oxygens (including phenoxy) is 1. The van der Waals surface area contributed by atoms with Gasteiger partial charge in [-0.25, -0.2) is 8.42 Å². The number of sulfonamides is 1. The highest BCUT2D eigenvalue weighted by atomic mass is 35.5. The van der Waals surface area contributed by atoms with Crippen molar-refractivity contribution < 1.29 is 17.9 Å². The predicted molar refractivity (Wildman–Crippen MR) is 98.9 cm³/mol. The second kappa shape index (κ2) is 9.05. The van der Waals surface area contributed by atoms with E-state index in [1.165, 1.54) is 18.2 Å². The number of benzene rings is 1. The van der Waals surface area contributed by atoms with Crippen LogP contribution in [-0.4, -0.2) is 71.4 Å². The van der Waals surface area contributed by atoms with Crippen LogP contribution in [0.1, 0.15) is 0 Å². The van der Waals surface area contributed by atoms with Crippen LogP contribution in [0.2, 0.25) is 10.0 Å². The van der Waals surface area contributed by atoms with E-state index in [2.05, 4.69) is 10.2 Å². The first-order valence-electron chi connectivity index (χ1n) is 7.77. The van der Waals surface area contributed by atoms with Gasteiger partial charge in [-0.3, -0.25) is 14.0 Å². The van der Waals surface area contributed by atoms with Crippen molar-refractivity contribution in [3.63, 3.8) is 0 Å². The Morgan fingerprint density at radius 1 is 1.28 bits per heavy atom. The predicted octanol–water partition coefficient (Wildman–Crippen LogP) is 1.21. The summed E-state index contributed by atoms with van der Waals surface area (Å²) in [7, 11) is -3.64. The Morgan fingerprint density at radius 2 is 1.96 bits per heavy atom. The highest BCUT2D eigenvalue weighted by Crippen LogP contribution is 2.28. The molecule has 1 fully saturated rings. The monoisotopic (exact) mass is 409 g/mol. The zero-order valence-electron chi connectivity index (χ0n) is 13.9. The number of nitrogens with one attached hydrogen (secondary N) is 1. The van der Waals surface area contributed by atoms with Gasteiger partial charge in [0.1, 0.15) is 6.54 Å². The SMILES string of the molecule is CS(=O)(=O)N(CC(=O)NCCN1CCOCC1)c1ccc(Cl)c(Cl)c1. The lowest BCUT2D eigenvalue weighted by atomic mass is 10.3. The second-order valence-electron chi connectivity index (χ2n) is 5.67. The average Bonchev–Trinajstić information content (AvgIpc) is 2.55. The molecule has 1 N–H and O–H groups in total. The molecule has 0 saturated carbocycles. The van der Waals surface area contributed by atoms with E-state index in [0.29, 0.717) is 37.0 Å². The third-order valence-corrected chi connectivity index (χ3v) is 5.61. The minimum absolute atomic E-state index is 0.223. The first-order chi connectivity index (χ1) is 11.8. The Morgan fingerprint density at radius 3 is 2.56 bits per heavy atom. The summed E-state index contributed by atoms with van der Waals surface area (Å²) in [6.45, 7) is 3.85. The summed E-state index contributed by atoms with van der Waals surface area (Å²) < 4.78 is 30.3. The van der Waals surface area contributed by atoms with E-state index in [1.807, 2.05) is 0 Å². The van der Waals surface area contributed by atoms with Crippen LogP contribution in [0.25, 0.3) is 0 Å². The van der Waals surface area contributed by atoms with E-state index in [4.69, 9.17) is 27.9 Å². The maximum absolute atomic E-state index is 12.1. The maximum atomic E-state index is 12.1. The molecule has 1 aromatic rings. The van der Waals surface area contributed by atoms with Crippen molar-refractivity contribution in [2.24, 2.45) is 0 Å². The number of halogens is 2. The number of carbonyl (C=O) groups excluding carboxylic acids is 1. The number of amides is 1. The van der Waals surface area contributed by atoms with E-state index in [-0.39, 0.29) is 17.5 Å². The first-order valence-corrected chi connectivity index (χ1v) is 10.4. The summed E-state index contributed by atoms with van der Waals surface area (Å²) in [6, 6.07) is 4.43. The molecule has 0 bridgehead atoms. The highest BCUT2D eigenvalue weighted by molar-refractivity contribution is 7.92. The Balaban J connectivity index is 1.94. The van der Waals surface area contributed by atoms with Crippen molar-refractivity contribution in [1.82, 2.24) is 10.2 Å². The van der Waals surface area contributed by atoms with Gasteiger partial charge in [0.2, 0.25) is 15.9 Å². The second-order valence-corrected chi connectivity index (χ2v) is 8.39. The molecule has 25 heavy (non-hydrogen) atoms. The van der Waals surface area contributed by atoms with Crippen molar-refractivity contribution >= 4 is 44.8 Å². The van der Waals surface area contributed by atoms with Crippen LogP contribution in [0.4, 0.5) is 5.69 Å². The fourth-order valence-electron chi connectivity index (χ4n) is 2.40. The minimum atomic E-state index is -3.64. The van der Waals surface area contributed by atoms with Gasteiger partial charge in [-0.2, -0.15) is 0 Å².